The van der Waals surface area contributed by atoms with E-state index in [-0.39, 0.29) is 18.5 Å². The molecule has 4 rings (SSSR count). The van der Waals surface area contributed by atoms with Crippen molar-refractivity contribution >= 4 is 40.8 Å². The molecule has 0 aliphatic carbocycles. The highest BCUT2D eigenvalue weighted by Crippen LogP contribution is 2.26. The average Bonchev–Trinajstić information content (AvgIpc) is 2.75. The number of hydrogen-bond acceptors (Lipinski definition) is 7. The van der Waals surface area contributed by atoms with Crippen LogP contribution in [0.4, 0.5) is 23.3 Å². The lowest BCUT2D eigenvalue weighted by atomic mass is 10.1. The molecule has 1 aliphatic heterocycles. The van der Waals surface area contributed by atoms with E-state index in [1.807, 2.05) is 43.3 Å². The molecule has 0 bridgehead atoms. The van der Waals surface area contributed by atoms with Crippen molar-refractivity contribution in [2.24, 2.45) is 0 Å². The van der Waals surface area contributed by atoms with Crippen molar-refractivity contribution in [1.29, 1.82) is 0 Å². The summed E-state index contributed by atoms with van der Waals surface area (Å²) in [6, 6.07) is 13.0. The Kier molecular flexibility index (Phi) is 6.18. The zero-order chi connectivity index (χ0) is 21.8. The molecule has 1 aromatic heterocycles. The van der Waals surface area contributed by atoms with Crippen molar-refractivity contribution in [2.75, 3.05) is 22.5 Å². The van der Waals surface area contributed by atoms with Crippen LogP contribution in [0.5, 0.6) is 5.75 Å². The van der Waals surface area contributed by atoms with Crippen LogP contribution >= 0.6 is 11.6 Å². The summed E-state index contributed by atoms with van der Waals surface area (Å²) in [7, 11) is 0. The largest absolute Gasteiger partial charge is 0.486 e. The minimum Gasteiger partial charge on any atom is -0.486 e. The van der Waals surface area contributed by atoms with Gasteiger partial charge in [0.2, 0.25) is 17.8 Å². The third-order valence-corrected chi connectivity index (χ3v) is 5.35. The second-order valence-electron chi connectivity index (χ2n) is 7.31. The molecule has 2 aromatic carbocycles. The van der Waals surface area contributed by atoms with Crippen LogP contribution in [0.15, 0.2) is 42.5 Å². The van der Waals surface area contributed by atoms with Crippen LogP contribution < -0.4 is 20.7 Å². The second-order valence-corrected chi connectivity index (χ2v) is 7.72. The number of carbonyl (C=O) groups is 1. The van der Waals surface area contributed by atoms with E-state index >= 15 is 0 Å². The Labute approximate surface area is 185 Å². The van der Waals surface area contributed by atoms with Gasteiger partial charge in [0.25, 0.3) is 0 Å². The number of carbonyl (C=O) groups excluding carboxylic acids is 1. The van der Waals surface area contributed by atoms with E-state index in [0.717, 1.165) is 36.3 Å². The van der Waals surface area contributed by atoms with Gasteiger partial charge in [0.1, 0.15) is 12.4 Å². The van der Waals surface area contributed by atoms with Gasteiger partial charge in [-0.3, -0.25) is 4.79 Å². The third-order valence-electron chi connectivity index (χ3n) is 4.95. The lowest BCUT2D eigenvalue weighted by Crippen LogP contribution is -2.35. The van der Waals surface area contributed by atoms with Gasteiger partial charge in [0, 0.05) is 35.4 Å². The fraction of sp³-hybridized carbons (Fsp3) is 0.273. The van der Waals surface area contributed by atoms with Crippen LogP contribution in [-0.4, -0.2) is 27.4 Å². The number of nitrogens with zero attached hydrogens (tertiary/aromatic N) is 4. The Balaban J connectivity index is 1.45. The lowest BCUT2D eigenvalue weighted by molar-refractivity contribution is -0.119. The molecule has 31 heavy (non-hydrogen) atoms. The summed E-state index contributed by atoms with van der Waals surface area (Å²) in [5, 5.41) is 3.72. The van der Waals surface area contributed by atoms with E-state index in [2.05, 4.69) is 20.3 Å². The summed E-state index contributed by atoms with van der Waals surface area (Å²) in [5.74, 6) is 1.53. The van der Waals surface area contributed by atoms with Gasteiger partial charge in [-0.1, -0.05) is 23.7 Å². The fourth-order valence-electron chi connectivity index (χ4n) is 3.33. The first-order valence-corrected chi connectivity index (χ1v) is 10.4. The van der Waals surface area contributed by atoms with Crippen LogP contribution in [-0.2, 0) is 11.4 Å². The third kappa shape index (κ3) is 5.21. The van der Waals surface area contributed by atoms with Crippen molar-refractivity contribution < 1.29 is 9.53 Å². The van der Waals surface area contributed by atoms with Crippen LogP contribution in [0.1, 0.15) is 30.7 Å². The number of rotatable bonds is 6. The van der Waals surface area contributed by atoms with Gasteiger partial charge in [0.05, 0.1) is 0 Å². The molecular formula is C22H23ClN6O2. The number of aryl methyl sites for hydroxylation is 1. The maximum Gasteiger partial charge on any atom is 0.232 e. The van der Waals surface area contributed by atoms with Crippen molar-refractivity contribution in [2.45, 2.75) is 32.8 Å². The molecule has 0 atom stereocenters. The number of halogens is 1. The molecule has 160 valence electrons. The predicted molar refractivity (Wildman–Crippen MR) is 121 cm³/mol. The SMILES string of the molecule is Cc1ccc(Nc2nc(N)nc(COc3cccc(N4CCCCC4=O)c3)n2)cc1Cl. The Morgan fingerprint density at radius 1 is 1.16 bits per heavy atom. The number of piperidine rings is 1. The second kappa shape index (κ2) is 9.18. The molecular weight excluding hydrogens is 416 g/mol. The van der Waals surface area contributed by atoms with Crippen LogP contribution in [0.2, 0.25) is 5.02 Å². The zero-order valence-electron chi connectivity index (χ0n) is 17.1. The molecule has 0 spiro atoms. The molecule has 3 aromatic rings. The van der Waals surface area contributed by atoms with E-state index in [9.17, 15) is 4.79 Å². The molecule has 1 aliphatic rings. The van der Waals surface area contributed by atoms with E-state index in [1.165, 1.54) is 0 Å². The van der Waals surface area contributed by atoms with Crippen LogP contribution in [0.25, 0.3) is 0 Å². The Bertz CT molecular complexity index is 1110. The van der Waals surface area contributed by atoms with Gasteiger partial charge in [-0.25, -0.2) is 0 Å². The first-order chi connectivity index (χ1) is 15.0. The van der Waals surface area contributed by atoms with Crippen molar-refractivity contribution in [3.63, 3.8) is 0 Å². The van der Waals surface area contributed by atoms with Gasteiger partial charge < -0.3 is 20.7 Å². The number of nitrogens with one attached hydrogen (secondary N) is 1. The number of benzene rings is 2. The summed E-state index contributed by atoms with van der Waals surface area (Å²) in [4.78, 5) is 26.6. The summed E-state index contributed by atoms with van der Waals surface area (Å²) in [5.41, 5.74) is 8.39. The topological polar surface area (TPSA) is 106 Å². The molecule has 3 N–H and O–H groups in total. The monoisotopic (exact) mass is 438 g/mol. The van der Waals surface area contributed by atoms with E-state index in [1.54, 1.807) is 11.0 Å². The zero-order valence-corrected chi connectivity index (χ0v) is 17.9. The molecule has 0 unspecified atom stereocenters. The van der Waals surface area contributed by atoms with Crippen molar-refractivity contribution in [3.8, 4) is 5.75 Å². The number of nitrogen functional groups attached to an aromatic ring is 1. The Morgan fingerprint density at radius 3 is 2.84 bits per heavy atom. The maximum absolute atomic E-state index is 12.2. The van der Waals surface area contributed by atoms with Gasteiger partial charge >= 0.3 is 0 Å². The minimum atomic E-state index is 0.0852. The number of amides is 1. The van der Waals surface area contributed by atoms with Crippen molar-refractivity contribution in [3.05, 3.63) is 58.9 Å². The van der Waals surface area contributed by atoms with Crippen molar-refractivity contribution in [1.82, 2.24) is 15.0 Å². The molecule has 1 fully saturated rings. The molecule has 9 heteroatoms. The number of anilines is 4. The highest BCUT2D eigenvalue weighted by atomic mass is 35.5. The van der Waals surface area contributed by atoms with Crippen LogP contribution in [0.3, 0.4) is 0 Å². The quantitative estimate of drug-likeness (QED) is 0.592. The number of nitrogens with two attached hydrogens (primary N) is 1. The van der Waals surface area contributed by atoms with Gasteiger partial charge in [-0.05, 0) is 49.6 Å². The predicted octanol–water partition coefficient (Wildman–Crippen LogP) is 4.26. The average molecular weight is 439 g/mol. The molecule has 8 nitrogen and oxygen atoms in total. The minimum absolute atomic E-state index is 0.0852. The molecule has 0 radical (unpaired) electrons. The molecule has 1 saturated heterocycles. The highest BCUT2D eigenvalue weighted by Gasteiger charge is 2.19. The van der Waals surface area contributed by atoms with Gasteiger partial charge in [-0.15, -0.1) is 0 Å². The van der Waals surface area contributed by atoms with Crippen LogP contribution in [0, 0.1) is 6.92 Å². The Hall–Kier alpha value is -3.39. The Morgan fingerprint density at radius 2 is 2.03 bits per heavy atom. The van der Waals surface area contributed by atoms with E-state index < -0.39 is 0 Å². The highest BCUT2D eigenvalue weighted by molar-refractivity contribution is 6.31. The fourth-order valence-corrected chi connectivity index (χ4v) is 3.51. The molecule has 2 heterocycles. The number of ether oxygens (including phenoxy) is 1. The number of hydrogen-bond donors (Lipinski definition) is 2. The van der Waals surface area contributed by atoms with E-state index in [0.29, 0.717) is 29.0 Å². The molecule has 0 saturated carbocycles. The summed E-state index contributed by atoms with van der Waals surface area (Å²) in [6.45, 7) is 2.76. The lowest BCUT2D eigenvalue weighted by Gasteiger charge is -2.27. The van der Waals surface area contributed by atoms with Gasteiger partial charge in [0.15, 0.2) is 5.82 Å². The first kappa shape index (κ1) is 20.9. The first-order valence-electron chi connectivity index (χ1n) is 10.0. The van der Waals surface area contributed by atoms with E-state index in [4.69, 9.17) is 22.1 Å². The number of aromatic nitrogens is 3. The standard InChI is InChI=1S/C22H23ClN6O2/c1-14-8-9-15(11-18(14)23)25-22-27-19(26-21(24)28-22)13-31-17-6-4-5-16(12-17)29-10-3-2-7-20(29)30/h4-6,8-9,11-12H,2-3,7,10,13H2,1H3,(H3,24,25,26,27,28). The van der Waals surface area contributed by atoms with Gasteiger partial charge in [-0.2, -0.15) is 15.0 Å². The summed E-state index contributed by atoms with van der Waals surface area (Å²) in [6.07, 6.45) is 2.53. The smallest absolute Gasteiger partial charge is 0.232 e. The summed E-state index contributed by atoms with van der Waals surface area (Å²) >= 11 is 6.18. The summed E-state index contributed by atoms with van der Waals surface area (Å²) < 4.78 is 5.86. The maximum atomic E-state index is 12.2. The molecule has 1 amide bonds. The normalized spacial score (nSPS) is 13.9.